The summed E-state index contributed by atoms with van der Waals surface area (Å²) in [6.07, 6.45) is 1.60. The average Bonchev–Trinajstić information content (AvgIpc) is 2.67. The zero-order valence-electron chi connectivity index (χ0n) is 7.14. The van der Waals surface area contributed by atoms with Crippen molar-refractivity contribution < 1.29 is 4.79 Å². The molecule has 2 heterocycles. The monoisotopic (exact) mass is 183 g/mol. The molecule has 2 aliphatic heterocycles. The standard InChI is InChI=1S/C10H5N3O/c14-10-9-7(5-11-13-9)6-3-1-2-4-8(6)12-10/h1-5H. The number of hydrogen-bond donors (Lipinski definition) is 0. The number of carbonyl (C=O) groups excluding carboxylic acids is 1. The Bertz CT molecular complexity index is 610. The van der Waals surface area contributed by atoms with Crippen LogP contribution in [0.5, 0.6) is 0 Å². The van der Waals surface area contributed by atoms with Crippen LogP contribution >= 0.6 is 0 Å². The second-order valence-corrected chi connectivity index (χ2v) is 3.04. The maximum absolute atomic E-state index is 11.4. The summed E-state index contributed by atoms with van der Waals surface area (Å²) >= 11 is 0. The maximum atomic E-state index is 11.4. The number of carbonyl (C=O) groups is 1. The summed E-state index contributed by atoms with van der Waals surface area (Å²) in [6.45, 7) is 0. The molecule has 14 heavy (non-hydrogen) atoms. The molecule has 0 saturated carbocycles. The topological polar surface area (TPSA) is 54.1 Å². The fraction of sp³-hybridized carbons (Fsp3) is 0. The molecule has 0 radical (unpaired) electrons. The van der Waals surface area contributed by atoms with Gasteiger partial charge in [-0.1, -0.05) is 18.2 Å². The van der Waals surface area contributed by atoms with Crippen LogP contribution in [0.25, 0.3) is 5.57 Å². The lowest BCUT2D eigenvalue weighted by Crippen LogP contribution is -2.37. The first-order chi connectivity index (χ1) is 6.86. The lowest BCUT2D eigenvalue weighted by atomic mass is 10.1. The Hall–Kier alpha value is -2.10. The molecule has 0 fully saturated rings. The van der Waals surface area contributed by atoms with E-state index in [1.54, 1.807) is 6.21 Å². The molecule has 2 aliphatic rings. The minimum absolute atomic E-state index is 0.309. The Morgan fingerprint density at radius 2 is 2.00 bits per heavy atom. The molecule has 0 spiro atoms. The Labute approximate surface area is 79.0 Å². The number of rotatable bonds is 0. The Morgan fingerprint density at radius 1 is 1.14 bits per heavy atom. The molecular weight excluding hydrogens is 178 g/mol. The van der Waals surface area contributed by atoms with Crippen molar-refractivity contribution in [3.8, 4) is 0 Å². The highest BCUT2D eigenvalue weighted by Crippen LogP contribution is 2.06. The Balaban J connectivity index is 2.57. The fourth-order valence-corrected chi connectivity index (χ4v) is 1.58. The van der Waals surface area contributed by atoms with Crippen molar-refractivity contribution in [3.05, 3.63) is 34.8 Å². The van der Waals surface area contributed by atoms with Gasteiger partial charge in [-0.3, -0.25) is 4.79 Å². The van der Waals surface area contributed by atoms with Gasteiger partial charge >= 0.3 is 0 Å². The number of hydrogen-bond acceptors (Lipinski definition) is 3. The summed E-state index contributed by atoms with van der Waals surface area (Å²) < 4.78 is 0. The van der Waals surface area contributed by atoms with Crippen LogP contribution in [0, 0.1) is 0 Å². The molecule has 66 valence electrons. The van der Waals surface area contributed by atoms with E-state index in [9.17, 15) is 4.79 Å². The van der Waals surface area contributed by atoms with Gasteiger partial charge in [0.05, 0.1) is 11.6 Å². The molecule has 4 heteroatoms. The third kappa shape index (κ3) is 0.821. The van der Waals surface area contributed by atoms with Gasteiger partial charge in [-0.15, -0.1) is 5.10 Å². The number of nitrogens with zero attached hydrogens (tertiary/aromatic N) is 3. The Morgan fingerprint density at radius 3 is 2.93 bits per heavy atom. The lowest BCUT2D eigenvalue weighted by molar-refractivity contribution is -0.112. The molecule has 0 aliphatic carbocycles. The van der Waals surface area contributed by atoms with E-state index < -0.39 is 0 Å². The van der Waals surface area contributed by atoms with Crippen LogP contribution in [0.1, 0.15) is 0 Å². The van der Waals surface area contributed by atoms with Gasteiger partial charge in [0.2, 0.25) is 0 Å². The first-order valence-corrected chi connectivity index (χ1v) is 4.20. The van der Waals surface area contributed by atoms with E-state index >= 15 is 0 Å². The van der Waals surface area contributed by atoms with E-state index in [0.717, 1.165) is 10.8 Å². The fourth-order valence-electron chi connectivity index (χ4n) is 1.58. The Kier molecular flexibility index (Phi) is 1.28. The molecule has 4 nitrogen and oxygen atoms in total. The van der Waals surface area contributed by atoms with Gasteiger partial charge in [-0.05, 0) is 6.07 Å². The van der Waals surface area contributed by atoms with Gasteiger partial charge in [0.25, 0.3) is 5.91 Å². The third-order valence-corrected chi connectivity index (χ3v) is 2.22. The SMILES string of the molecule is O=C1N=c2ccccc2=C2C=NN=C12. The first-order valence-electron chi connectivity index (χ1n) is 4.20. The minimum atomic E-state index is -0.309. The molecule has 0 saturated heterocycles. The summed E-state index contributed by atoms with van der Waals surface area (Å²) in [7, 11) is 0. The highest BCUT2D eigenvalue weighted by Gasteiger charge is 2.22. The van der Waals surface area contributed by atoms with Gasteiger partial charge in [-0.25, -0.2) is 4.99 Å². The molecule has 0 unspecified atom stereocenters. The van der Waals surface area contributed by atoms with Crippen molar-refractivity contribution in [2.45, 2.75) is 0 Å². The second kappa shape index (κ2) is 2.45. The van der Waals surface area contributed by atoms with Gasteiger partial charge in [0.15, 0.2) is 5.71 Å². The molecule has 0 aromatic heterocycles. The van der Waals surface area contributed by atoms with Gasteiger partial charge in [-0.2, -0.15) is 5.10 Å². The quantitative estimate of drug-likeness (QED) is 0.531. The summed E-state index contributed by atoms with van der Waals surface area (Å²) in [5, 5.41) is 9.08. The van der Waals surface area contributed by atoms with E-state index in [1.165, 1.54) is 0 Å². The van der Waals surface area contributed by atoms with Crippen LogP contribution in [0.2, 0.25) is 0 Å². The van der Waals surface area contributed by atoms with Crippen LogP contribution in [0.4, 0.5) is 0 Å². The van der Waals surface area contributed by atoms with E-state index in [4.69, 9.17) is 0 Å². The van der Waals surface area contributed by atoms with Crippen LogP contribution in [0.15, 0.2) is 39.5 Å². The molecule has 3 rings (SSSR count). The molecule has 1 amide bonds. The molecule has 0 N–H and O–H groups in total. The highest BCUT2D eigenvalue weighted by atomic mass is 16.1. The second-order valence-electron chi connectivity index (χ2n) is 3.04. The molecule has 0 atom stereocenters. The zero-order valence-corrected chi connectivity index (χ0v) is 7.14. The van der Waals surface area contributed by atoms with Crippen LogP contribution in [0.3, 0.4) is 0 Å². The van der Waals surface area contributed by atoms with Crippen molar-refractivity contribution in [3.63, 3.8) is 0 Å². The van der Waals surface area contributed by atoms with Crippen LogP contribution < -0.4 is 10.6 Å². The minimum Gasteiger partial charge on any atom is -0.265 e. The van der Waals surface area contributed by atoms with E-state index in [2.05, 4.69) is 15.2 Å². The number of benzene rings is 1. The summed E-state index contributed by atoms with van der Waals surface area (Å²) in [5.74, 6) is -0.309. The van der Waals surface area contributed by atoms with Crippen LogP contribution in [-0.4, -0.2) is 17.8 Å². The maximum Gasteiger partial charge on any atom is 0.298 e. The molecular formula is C10H5N3O. The highest BCUT2D eigenvalue weighted by molar-refractivity contribution is 6.63. The van der Waals surface area contributed by atoms with Crippen molar-refractivity contribution in [2.24, 2.45) is 15.2 Å². The van der Waals surface area contributed by atoms with Gasteiger partial charge < -0.3 is 0 Å². The van der Waals surface area contributed by atoms with Crippen LogP contribution in [-0.2, 0) is 4.79 Å². The van der Waals surface area contributed by atoms with Gasteiger partial charge in [0.1, 0.15) is 0 Å². The summed E-state index contributed by atoms with van der Waals surface area (Å²) in [6, 6.07) is 7.47. The lowest BCUT2D eigenvalue weighted by Gasteiger charge is -2.02. The zero-order chi connectivity index (χ0) is 9.54. The van der Waals surface area contributed by atoms with E-state index in [0.29, 0.717) is 11.1 Å². The summed E-state index contributed by atoms with van der Waals surface area (Å²) in [5.41, 5.74) is 1.13. The molecule has 1 aromatic rings. The largest absolute Gasteiger partial charge is 0.298 e. The van der Waals surface area contributed by atoms with Crippen molar-refractivity contribution in [1.29, 1.82) is 0 Å². The smallest absolute Gasteiger partial charge is 0.265 e. The van der Waals surface area contributed by atoms with Crippen molar-refractivity contribution in [2.75, 3.05) is 0 Å². The first kappa shape index (κ1) is 7.32. The molecule has 1 aromatic carbocycles. The van der Waals surface area contributed by atoms with E-state index in [-0.39, 0.29) is 5.91 Å². The van der Waals surface area contributed by atoms with E-state index in [1.807, 2.05) is 24.3 Å². The number of fused-ring (bicyclic) bond motifs is 2. The summed E-state index contributed by atoms with van der Waals surface area (Å²) in [4.78, 5) is 15.4. The predicted octanol–water partition coefficient (Wildman–Crippen LogP) is -0.562. The van der Waals surface area contributed by atoms with Gasteiger partial charge in [0, 0.05) is 10.8 Å². The number of para-hydroxylation sites is 1. The molecule has 0 bridgehead atoms. The average molecular weight is 183 g/mol. The number of amides is 1. The normalized spacial score (nSPS) is 17.3. The van der Waals surface area contributed by atoms with Crippen molar-refractivity contribution in [1.82, 2.24) is 0 Å². The predicted molar refractivity (Wildman–Crippen MR) is 51.6 cm³/mol. The van der Waals surface area contributed by atoms with Crippen molar-refractivity contribution >= 4 is 23.4 Å². The third-order valence-electron chi connectivity index (χ3n) is 2.22.